The summed E-state index contributed by atoms with van der Waals surface area (Å²) in [6.07, 6.45) is 2.17. The van der Waals surface area contributed by atoms with Crippen LogP contribution in [-0.4, -0.2) is 43.4 Å². The van der Waals surface area contributed by atoms with Crippen LogP contribution < -0.4 is 0 Å². The highest BCUT2D eigenvalue weighted by atomic mass is 15.1. The SMILES string of the molecule is CC(/C=C(\C)N(C)C)=[N+](C)C. The fourth-order valence-electron chi connectivity index (χ4n) is 0.561. The lowest BCUT2D eigenvalue weighted by Gasteiger charge is -2.11. The molecule has 0 rings (SSSR count). The molecule has 0 N–H and O–H groups in total. The van der Waals surface area contributed by atoms with Gasteiger partial charge < -0.3 is 4.90 Å². The van der Waals surface area contributed by atoms with Gasteiger partial charge >= 0.3 is 0 Å². The van der Waals surface area contributed by atoms with Crippen LogP contribution in [0.15, 0.2) is 11.8 Å². The van der Waals surface area contributed by atoms with Gasteiger partial charge in [0.25, 0.3) is 0 Å². The molecule has 2 heteroatoms. The topological polar surface area (TPSA) is 6.25 Å². The third-order valence-corrected chi connectivity index (χ3v) is 1.83. The fraction of sp³-hybridized carbons (Fsp3) is 0.667. The van der Waals surface area contributed by atoms with Gasteiger partial charge in [-0.2, -0.15) is 0 Å². The molecule has 64 valence electrons. The van der Waals surface area contributed by atoms with Crippen molar-refractivity contribution in [3.63, 3.8) is 0 Å². The van der Waals surface area contributed by atoms with E-state index in [1.807, 2.05) is 0 Å². The van der Waals surface area contributed by atoms with Crippen LogP contribution in [0.3, 0.4) is 0 Å². The number of hydrogen-bond donors (Lipinski definition) is 0. The quantitative estimate of drug-likeness (QED) is 0.429. The molecule has 0 aromatic heterocycles. The second-order valence-electron chi connectivity index (χ2n) is 3.22. The molecule has 0 saturated carbocycles. The van der Waals surface area contributed by atoms with Gasteiger partial charge in [0.05, 0.1) is 0 Å². The zero-order valence-electron chi connectivity index (χ0n) is 8.47. The van der Waals surface area contributed by atoms with Gasteiger partial charge in [-0.15, -0.1) is 0 Å². The minimum absolute atomic E-state index is 1.27. The molecule has 0 unspecified atom stereocenters. The van der Waals surface area contributed by atoms with E-state index in [4.69, 9.17) is 0 Å². The molecule has 0 amide bonds. The Kier molecular flexibility index (Phi) is 3.86. The van der Waals surface area contributed by atoms with E-state index in [1.54, 1.807) is 0 Å². The van der Waals surface area contributed by atoms with Gasteiger partial charge in [0, 0.05) is 32.8 Å². The molecule has 0 aliphatic rings. The number of allylic oxidation sites excluding steroid dienone is 2. The lowest BCUT2D eigenvalue weighted by atomic mass is 10.3. The standard InChI is InChI=1S/C9H19N2/c1-8(10(3)4)7-9(2)11(5)6/h7H,1-6H3/q+1. The molecule has 0 bridgehead atoms. The van der Waals surface area contributed by atoms with Crippen LogP contribution in [0.2, 0.25) is 0 Å². The van der Waals surface area contributed by atoms with Crippen molar-refractivity contribution in [1.82, 2.24) is 4.90 Å². The van der Waals surface area contributed by atoms with E-state index >= 15 is 0 Å². The maximum Gasteiger partial charge on any atom is 0.174 e. The average Bonchev–Trinajstić information content (AvgIpc) is 1.87. The first-order chi connectivity index (χ1) is 4.95. The second kappa shape index (κ2) is 4.16. The Labute approximate surface area is 69.8 Å². The first-order valence-electron chi connectivity index (χ1n) is 3.81. The smallest absolute Gasteiger partial charge is 0.174 e. The third-order valence-electron chi connectivity index (χ3n) is 1.83. The maximum absolute atomic E-state index is 2.17. The van der Waals surface area contributed by atoms with E-state index in [2.05, 4.69) is 57.6 Å². The summed E-state index contributed by atoms with van der Waals surface area (Å²) in [6, 6.07) is 0. The highest BCUT2D eigenvalue weighted by Gasteiger charge is 1.97. The Morgan fingerprint density at radius 2 is 1.64 bits per heavy atom. The molecule has 0 aromatic carbocycles. The van der Waals surface area contributed by atoms with E-state index in [0.29, 0.717) is 0 Å². The summed E-state index contributed by atoms with van der Waals surface area (Å²) in [7, 11) is 8.20. The van der Waals surface area contributed by atoms with Crippen molar-refractivity contribution in [1.29, 1.82) is 0 Å². The third kappa shape index (κ3) is 3.81. The van der Waals surface area contributed by atoms with Gasteiger partial charge in [-0.1, -0.05) is 0 Å². The van der Waals surface area contributed by atoms with E-state index in [0.717, 1.165) is 0 Å². The fourth-order valence-corrected chi connectivity index (χ4v) is 0.561. The zero-order valence-corrected chi connectivity index (χ0v) is 8.47. The van der Waals surface area contributed by atoms with Gasteiger partial charge in [0.15, 0.2) is 5.71 Å². The van der Waals surface area contributed by atoms with Gasteiger partial charge in [-0.25, -0.2) is 4.58 Å². The Hall–Kier alpha value is -0.790. The monoisotopic (exact) mass is 155 g/mol. The van der Waals surface area contributed by atoms with E-state index < -0.39 is 0 Å². The summed E-state index contributed by atoms with van der Waals surface area (Å²) in [5, 5.41) is 0. The molecule has 0 atom stereocenters. The molecular formula is C9H19N2+. The summed E-state index contributed by atoms with van der Waals surface area (Å²) in [5.41, 5.74) is 2.55. The van der Waals surface area contributed by atoms with Crippen LogP contribution in [0.1, 0.15) is 13.8 Å². The molecule has 0 fully saturated rings. The van der Waals surface area contributed by atoms with Crippen molar-refractivity contribution in [2.75, 3.05) is 28.2 Å². The largest absolute Gasteiger partial charge is 0.381 e. The van der Waals surface area contributed by atoms with Crippen LogP contribution in [0.25, 0.3) is 0 Å². The molecule has 2 nitrogen and oxygen atoms in total. The minimum atomic E-state index is 1.27. The summed E-state index contributed by atoms with van der Waals surface area (Å²) < 4.78 is 2.10. The van der Waals surface area contributed by atoms with Gasteiger partial charge in [-0.3, -0.25) is 0 Å². The molecule has 0 aromatic rings. The lowest BCUT2D eigenvalue weighted by molar-refractivity contribution is -0.464. The highest BCUT2D eigenvalue weighted by Crippen LogP contribution is 1.95. The number of rotatable bonds is 2. The molecule has 0 saturated heterocycles. The van der Waals surface area contributed by atoms with Crippen molar-refractivity contribution >= 4 is 5.71 Å². The number of hydrogen-bond acceptors (Lipinski definition) is 1. The molecule has 0 heterocycles. The Balaban J connectivity index is 4.44. The van der Waals surface area contributed by atoms with Crippen LogP contribution in [0, 0.1) is 0 Å². The summed E-state index contributed by atoms with van der Waals surface area (Å²) in [4.78, 5) is 2.10. The molecular weight excluding hydrogens is 136 g/mol. The predicted octanol–water partition coefficient (Wildman–Crippen LogP) is 1.18. The van der Waals surface area contributed by atoms with Crippen LogP contribution >= 0.6 is 0 Å². The first kappa shape index (κ1) is 10.2. The number of nitrogens with zero attached hydrogens (tertiary/aromatic N) is 2. The van der Waals surface area contributed by atoms with E-state index in [1.165, 1.54) is 11.4 Å². The molecule has 0 radical (unpaired) electrons. The Bertz CT molecular complexity index is 184. The molecule has 0 aliphatic heterocycles. The lowest BCUT2D eigenvalue weighted by Crippen LogP contribution is -2.13. The van der Waals surface area contributed by atoms with Gasteiger partial charge in [0.1, 0.15) is 14.1 Å². The summed E-state index contributed by atoms with van der Waals surface area (Å²) in [5.74, 6) is 0. The minimum Gasteiger partial charge on any atom is -0.381 e. The maximum atomic E-state index is 2.17. The van der Waals surface area contributed by atoms with Gasteiger partial charge in [0.2, 0.25) is 0 Å². The van der Waals surface area contributed by atoms with Crippen molar-refractivity contribution in [3.8, 4) is 0 Å². The van der Waals surface area contributed by atoms with E-state index in [9.17, 15) is 0 Å². The molecule has 11 heavy (non-hydrogen) atoms. The zero-order chi connectivity index (χ0) is 9.02. The normalized spacial score (nSPS) is 11.3. The average molecular weight is 155 g/mol. The highest BCUT2D eigenvalue weighted by molar-refractivity contribution is 5.88. The van der Waals surface area contributed by atoms with Crippen LogP contribution in [-0.2, 0) is 0 Å². The molecule has 0 aliphatic carbocycles. The first-order valence-corrected chi connectivity index (χ1v) is 3.81. The van der Waals surface area contributed by atoms with E-state index in [-0.39, 0.29) is 0 Å². The van der Waals surface area contributed by atoms with Crippen LogP contribution in [0.4, 0.5) is 0 Å². The summed E-state index contributed by atoms with van der Waals surface area (Å²) in [6.45, 7) is 4.21. The predicted molar refractivity (Wildman–Crippen MR) is 50.2 cm³/mol. The molecule has 0 spiro atoms. The van der Waals surface area contributed by atoms with Crippen molar-refractivity contribution in [3.05, 3.63) is 11.8 Å². The van der Waals surface area contributed by atoms with Gasteiger partial charge in [-0.05, 0) is 6.92 Å². The van der Waals surface area contributed by atoms with Crippen LogP contribution in [0.5, 0.6) is 0 Å². The van der Waals surface area contributed by atoms with Crippen molar-refractivity contribution in [2.45, 2.75) is 13.8 Å². The summed E-state index contributed by atoms with van der Waals surface area (Å²) >= 11 is 0. The second-order valence-corrected chi connectivity index (χ2v) is 3.22. The Morgan fingerprint density at radius 3 is 1.91 bits per heavy atom. The Morgan fingerprint density at radius 1 is 1.18 bits per heavy atom. The van der Waals surface area contributed by atoms with Crippen molar-refractivity contribution < 1.29 is 4.58 Å². The van der Waals surface area contributed by atoms with Crippen molar-refractivity contribution in [2.24, 2.45) is 0 Å².